The fourth-order valence-electron chi connectivity index (χ4n) is 3.84. The first-order valence-corrected chi connectivity index (χ1v) is 11.5. The standard InChI is InChI=1S/C20H25ClN2O3S/c1-14-7-8-15(2)23(14)16-9-10-19(21)18(12-16)20(24)22-11-5-4-6-17(22)13-27(3,25)26/h7-10,12,17H,4-6,11,13H2,1-3H3. The number of aryl methyl sites for hydroxylation is 2. The minimum atomic E-state index is -3.17. The zero-order chi connectivity index (χ0) is 19.8. The molecule has 2 aromatic rings. The fraction of sp³-hybridized carbons (Fsp3) is 0.450. The number of nitrogens with zero attached hydrogens (tertiary/aromatic N) is 2. The van der Waals surface area contributed by atoms with Gasteiger partial charge in [0.25, 0.3) is 5.91 Å². The molecule has 5 nitrogen and oxygen atoms in total. The maximum Gasteiger partial charge on any atom is 0.255 e. The summed E-state index contributed by atoms with van der Waals surface area (Å²) in [6.45, 7) is 4.58. The van der Waals surface area contributed by atoms with E-state index in [1.54, 1.807) is 17.0 Å². The maximum atomic E-state index is 13.2. The number of carbonyl (C=O) groups is 1. The normalized spacial score (nSPS) is 17.9. The molecule has 3 rings (SSSR count). The van der Waals surface area contributed by atoms with Gasteiger partial charge in [0, 0.05) is 35.9 Å². The lowest BCUT2D eigenvalue weighted by atomic mass is 10.0. The predicted octanol–water partition coefficient (Wildman–Crippen LogP) is 3.79. The van der Waals surface area contributed by atoms with Gasteiger partial charge in [0.15, 0.2) is 0 Å². The quantitative estimate of drug-likeness (QED) is 0.773. The highest BCUT2D eigenvalue weighted by Crippen LogP contribution is 2.27. The molecule has 1 atom stereocenters. The largest absolute Gasteiger partial charge is 0.335 e. The number of hydrogen-bond acceptors (Lipinski definition) is 3. The minimum Gasteiger partial charge on any atom is -0.335 e. The van der Waals surface area contributed by atoms with Crippen LogP contribution in [-0.2, 0) is 9.84 Å². The molecule has 1 saturated heterocycles. The Balaban J connectivity index is 1.97. The molecule has 1 unspecified atom stereocenters. The van der Waals surface area contributed by atoms with E-state index in [1.807, 2.05) is 32.0 Å². The number of aromatic nitrogens is 1. The third-order valence-corrected chi connectivity index (χ3v) is 6.41. The lowest BCUT2D eigenvalue weighted by Gasteiger charge is -2.35. The molecule has 7 heteroatoms. The Labute approximate surface area is 165 Å². The predicted molar refractivity (Wildman–Crippen MR) is 109 cm³/mol. The summed E-state index contributed by atoms with van der Waals surface area (Å²) < 4.78 is 25.6. The molecular formula is C20H25ClN2O3S. The summed E-state index contributed by atoms with van der Waals surface area (Å²) in [5, 5.41) is 0.384. The lowest BCUT2D eigenvalue weighted by Crippen LogP contribution is -2.47. The fourth-order valence-corrected chi connectivity index (χ4v) is 5.08. The van der Waals surface area contributed by atoms with Gasteiger partial charge in [0.1, 0.15) is 9.84 Å². The van der Waals surface area contributed by atoms with Crippen molar-refractivity contribution in [3.05, 3.63) is 52.3 Å². The summed E-state index contributed by atoms with van der Waals surface area (Å²) in [6.07, 6.45) is 3.72. The van der Waals surface area contributed by atoms with Crippen molar-refractivity contribution in [2.45, 2.75) is 39.2 Å². The van der Waals surface area contributed by atoms with Gasteiger partial charge < -0.3 is 9.47 Å². The van der Waals surface area contributed by atoms with Crippen LogP contribution in [-0.4, -0.2) is 48.4 Å². The molecule has 1 amide bonds. The topological polar surface area (TPSA) is 59.4 Å². The summed E-state index contributed by atoms with van der Waals surface area (Å²) in [4.78, 5) is 14.9. The van der Waals surface area contributed by atoms with Crippen LogP contribution in [0.5, 0.6) is 0 Å². The second-order valence-corrected chi connectivity index (χ2v) is 9.95. The molecule has 2 heterocycles. The van der Waals surface area contributed by atoms with E-state index in [1.165, 1.54) is 6.26 Å². The van der Waals surface area contributed by atoms with Gasteiger partial charge in [0.2, 0.25) is 0 Å². The average molecular weight is 409 g/mol. The Morgan fingerprint density at radius 1 is 1.15 bits per heavy atom. The first-order valence-electron chi connectivity index (χ1n) is 9.11. The molecule has 1 aromatic carbocycles. The van der Waals surface area contributed by atoms with Crippen molar-refractivity contribution in [1.29, 1.82) is 0 Å². The van der Waals surface area contributed by atoms with Crippen molar-refractivity contribution >= 4 is 27.3 Å². The van der Waals surface area contributed by atoms with E-state index in [9.17, 15) is 13.2 Å². The smallest absolute Gasteiger partial charge is 0.255 e. The summed E-state index contributed by atoms with van der Waals surface area (Å²) in [6, 6.07) is 9.19. The maximum absolute atomic E-state index is 13.2. The van der Waals surface area contributed by atoms with Crippen LogP contribution in [0.4, 0.5) is 0 Å². The van der Waals surface area contributed by atoms with E-state index in [4.69, 9.17) is 11.6 Å². The molecule has 1 fully saturated rings. The molecule has 1 aromatic heterocycles. The van der Waals surface area contributed by atoms with E-state index < -0.39 is 9.84 Å². The molecule has 0 spiro atoms. The molecule has 0 saturated carbocycles. The lowest BCUT2D eigenvalue weighted by molar-refractivity contribution is 0.0639. The average Bonchev–Trinajstić information content (AvgIpc) is 2.93. The molecular weight excluding hydrogens is 384 g/mol. The number of sulfone groups is 1. The van der Waals surface area contributed by atoms with Gasteiger partial charge in [0.05, 0.1) is 16.3 Å². The molecule has 0 aliphatic carbocycles. The number of benzene rings is 1. The second-order valence-electron chi connectivity index (χ2n) is 7.36. The molecule has 0 N–H and O–H groups in total. The Morgan fingerprint density at radius 2 is 1.81 bits per heavy atom. The Bertz CT molecular complexity index is 946. The van der Waals surface area contributed by atoms with Crippen LogP contribution in [0.3, 0.4) is 0 Å². The van der Waals surface area contributed by atoms with Gasteiger partial charge in [-0.15, -0.1) is 0 Å². The molecule has 0 radical (unpaired) electrons. The summed E-state index contributed by atoms with van der Waals surface area (Å²) in [5.41, 5.74) is 3.43. The second kappa shape index (κ2) is 7.68. The van der Waals surface area contributed by atoms with Crippen molar-refractivity contribution in [2.75, 3.05) is 18.6 Å². The number of hydrogen-bond donors (Lipinski definition) is 0. The van der Waals surface area contributed by atoms with Gasteiger partial charge in [-0.2, -0.15) is 0 Å². The van der Waals surface area contributed by atoms with Crippen LogP contribution >= 0.6 is 11.6 Å². The van der Waals surface area contributed by atoms with Gasteiger partial charge in [-0.3, -0.25) is 4.79 Å². The van der Waals surface area contributed by atoms with Crippen molar-refractivity contribution in [3.8, 4) is 5.69 Å². The number of halogens is 1. The highest BCUT2D eigenvalue weighted by molar-refractivity contribution is 7.90. The summed E-state index contributed by atoms with van der Waals surface area (Å²) >= 11 is 6.36. The molecule has 1 aliphatic rings. The summed E-state index contributed by atoms with van der Waals surface area (Å²) in [5.74, 6) is -0.205. The van der Waals surface area contributed by atoms with Gasteiger partial charge in [-0.25, -0.2) is 8.42 Å². The zero-order valence-corrected chi connectivity index (χ0v) is 17.5. The van der Waals surface area contributed by atoms with E-state index in [2.05, 4.69) is 4.57 Å². The third kappa shape index (κ3) is 4.38. The number of piperidine rings is 1. The minimum absolute atomic E-state index is 0.00807. The number of carbonyl (C=O) groups excluding carboxylic acids is 1. The number of rotatable bonds is 4. The van der Waals surface area contributed by atoms with Gasteiger partial charge >= 0.3 is 0 Å². The first kappa shape index (κ1) is 20.0. The van der Waals surface area contributed by atoms with E-state index in [0.29, 0.717) is 23.6 Å². The van der Waals surface area contributed by atoms with Gasteiger partial charge in [-0.05, 0) is 63.4 Å². The van der Waals surface area contributed by atoms with Crippen LogP contribution in [0.25, 0.3) is 5.69 Å². The van der Waals surface area contributed by atoms with Crippen LogP contribution in [0.1, 0.15) is 41.0 Å². The van der Waals surface area contributed by atoms with E-state index >= 15 is 0 Å². The SMILES string of the molecule is Cc1ccc(C)n1-c1ccc(Cl)c(C(=O)N2CCCCC2CS(C)(=O)=O)c1. The van der Waals surface area contributed by atoms with Crippen LogP contribution in [0, 0.1) is 13.8 Å². The van der Waals surface area contributed by atoms with Gasteiger partial charge in [-0.1, -0.05) is 11.6 Å². The van der Waals surface area contributed by atoms with E-state index in [-0.39, 0.29) is 17.7 Å². The molecule has 0 bridgehead atoms. The van der Waals surface area contributed by atoms with E-state index in [0.717, 1.165) is 29.9 Å². The Kier molecular flexibility index (Phi) is 5.68. The van der Waals surface area contributed by atoms with Crippen molar-refractivity contribution in [2.24, 2.45) is 0 Å². The van der Waals surface area contributed by atoms with Crippen molar-refractivity contribution < 1.29 is 13.2 Å². The van der Waals surface area contributed by atoms with Crippen LogP contribution in [0.2, 0.25) is 5.02 Å². The highest BCUT2D eigenvalue weighted by Gasteiger charge is 2.31. The third-order valence-electron chi connectivity index (χ3n) is 5.09. The first-order chi connectivity index (χ1) is 12.7. The number of amides is 1. The molecule has 27 heavy (non-hydrogen) atoms. The molecule has 1 aliphatic heterocycles. The van der Waals surface area contributed by atoms with Crippen molar-refractivity contribution in [3.63, 3.8) is 0 Å². The Morgan fingerprint density at radius 3 is 2.44 bits per heavy atom. The highest BCUT2D eigenvalue weighted by atomic mass is 35.5. The zero-order valence-electron chi connectivity index (χ0n) is 15.9. The number of likely N-dealkylation sites (tertiary alicyclic amines) is 1. The van der Waals surface area contributed by atoms with Crippen LogP contribution < -0.4 is 0 Å². The van der Waals surface area contributed by atoms with Crippen LogP contribution in [0.15, 0.2) is 30.3 Å². The Hall–Kier alpha value is -1.79. The van der Waals surface area contributed by atoms with Crippen molar-refractivity contribution in [1.82, 2.24) is 9.47 Å². The summed E-state index contributed by atoms with van der Waals surface area (Å²) in [7, 11) is -3.17. The molecule has 146 valence electrons. The monoisotopic (exact) mass is 408 g/mol.